The van der Waals surface area contributed by atoms with E-state index in [0.717, 1.165) is 0 Å². The summed E-state index contributed by atoms with van der Waals surface area (Å²) in [6.07, 6.45) is 2.77. The van der Waals surface area contributed by atoms with Gasteiger partial charge in [-0.25, -0.2) is 18.4 Å². The zero-order valence-corrected chi connectivity index (χ0v) is 18.5. The molecule has 12 heteroatoms. The number of ether oxygens (including phenoxy) is 1. The van der Waals surface area contributed by atoms with E-state index in [0.29, 0.717) is 34.8 Å². The first-order chi connectivity index (χ1) is 14.7. The summed E-state index contributed by atoms with van der Waals surface area (Å²) in [5.74, 6) is -0.268. The summed E-state index contributed by atoms with van der Waals surface area (Å²) in [6.45, 7) is 4.40. The molecule has 2 N–H and O–H groups in total. The number of halogens is 2. The highest BCUT2D eigenvalue weighted by atomic mass is 35.5. The molecule has 1 fully saturated rings. The number of aromatic amines is 1. The van der Waals surface area contributed by atoms with Crippen LogP contribution in [0.4, 0.5) is 10.2 Å². The fourth-order valence-corrected chi connectivity index (χ4v) is 4.81. The lowest BCUT2D eigenvalue weighted by Gasteiger charge is -2.33. The third-order valence-electron chi connectivity index (χ3n) is 5.00. The maximum atomic E-state index is 14.2. The van der Waals surface area contributed by atoms with E-state index in [-0.39, 0.29) is 30.8 Å². The number of anilines is 1. The molecule has 1 unspecified atom stereocenters. The van der Waals surface area contributed by atoms with Gasteiger partial charge in [-0.2, -0.15) is 13.7 Å². The van der Waals surface area contributed by atoms with Crippen molar-refractivity contribution in [2.45, 2.75) is 25.2 Å². The van der Waals surface area contributed by atoms with Crippen LogP contribution in [0.1, 0.15) is 13.8 Å². The van der Waals surface area contributed by atoms with E-state index in [4.69, 9.17) is 16.3 Å². The van der Waals surface area contributed by atoms with Crippen LogP contribution in [-0.2, 0) is 14.8 Å². The van der Waals surface area contributed by atoms with Crippen LogP contribution < -0.4 is 5.32 Å². The number of hydrogen-bond donors (Lipinski definition) is 2. The van der Waals surface area contributed by atoms with Crippen LogP contribution in [0, 0.1) is 5.95 Å². The van der Waals surface area contributed by atoms with Gasteiger partial charge in [-0.05, 0) is 19.9 Å². The summed E-state index contributed by atoms with van der Waals surface area (Å²) >= 11 is 6.03. The predicted molar refractivity (Wildman–Crippen MR) is 116 cm³/mol. The van der Waals surface area contributed by atoms with Crippen LogP contribution in [0.5, 0.6) is 0 Å². The van der Waals surface area contributed by atoms with Crippen molar-refractivity contribution < 1.29 is 17.5 Å². The molecule has 31 heavy (non-hydrogen) atoms. The molecule has 1 aliphatic rings. The van der Waals surface area contributed by atoms with Gasteiger partial charge in [0.05, 0.1) is 23.0 Å². The standard InChI is InChI=1S/C19H22ClFN6O3S/c1-11(2)31(28,29)27-3-4-30-13(10-27)8-22-17-6-16(21)25-19(26-17)15-9-24-18-14(15)5-12(20)7-23-18/h5-7,9,11,13H,3-4,8,10H2,1-2H3,(H,23,24)(H,22,25,26). The Kier molecular flexibility index (Phi) is 6.11. The summed E-state index contributed by atoms with van der Waals surface area (Å²) in [5.41, 5.74) is 1.15. The average molecular weight is 469 g/mol. The first-order valence-corrected chi connectivity index (χ1v) is 11.6. The summed E-state index contributed by atoms with van der Waals surface area (Å²) in [4.78, 5) is 15.5. The Morgan fingerprint density at radius 1 is 1.39 bits per heavy atom. The van der Waals surface area contributed by atoms with Crippen molar-refractivity contribution in [1.29, 1.82) is 0 Å². The van der Waals surface area contributed by atoms with Gasteiger partial charge in [0.2, 0.25) is 16.0 Å². The first-order valence-electron chi connectivity index (χ1n) is 9.76. The van der Waals surface area contributed by atoms with E-state index in [9.17, 15) is 12.8 Å². The van der Waals surface area contributed by atoms with Gasteiger partial charge in [0.25, 0.3) is 0 Å². The van der Waals surface area contributed by atoms with Crippen LogP contribution >= 0.6 is 11.6 Å². The number of nitrogens with one attached hydrogen (secondary N) is 2. The maximum absolute atomic E-state index is 14.2. The molecule has 0 aliphatic carbocycles. The first kappa shape index (κ1) is 21.9. The molecule has 4 rings (SSSR count). The Hall–Kier alpha value is -2.34. The second kappa shape index (κ2) is 8.65. The molecule has 1 atom stereocenters. The van der Waals surface area contributed by atoms with Gasteiger partial charge in [-0.15, -0.1) is 0 Å². The van der Waals surface area contributed by atoms with Crippen LogP contribution in [0.25, 0.3) is 22.4 Å². The maximum Gasteiger partial charge on any atom is 0.218 e. The highest BCUT2D eigenvalue weighted by Gasteiger charge is 2.31. The largest absolute Gasteiger partial charge is 0.374 e. The molecule has 4 heterocycles. The SMILES string of the molecule is CC(C)S(=O)(=O)N1CCOC(CNc2cc(F)nc(-c3c[nH]c4ncc(Cl)cc34)n2)C1. The van der Waals surface area contributed by atoms with Gasteiger partial charge in [-0.3, -0.25) is 0 Å². The highest BCUT2D eigenvalue weighted by molar-refractivity contribution is 7.89. The monoisotopic (exact) mass is 468 g/mol. The average Bonchev–Trinajstić information content (AvgIpc) is 3.15. The quantitative estimate of drug-likeness (QED) is 0.534. The summed E-state index contributed by atoms with van der Waals surface area (Å²) < 4.78 is 46.2. The summed E-state index contributed by atoms with van der Waals surface area (Å²) in [6, 6.07) is 2.88. The van der Waals surface area contributed by atoms with Crippen LogP contribution in [0.2, 0.25) is 5.02 Å². The predicted octanol–water partition coefficient (Wildman–Crippen LogP) is 2.66. The third kappa shape index (κ3) is 4.64. The molecule has 0 radical (unpaired) electrons. The Labute approximate surface area is 184 Å². The Balaban J connectivity index is 1.51. The number of pyridine rings is 1. The van der Waals surface area contributed by atoms with E-state index in [1.165, 1.54) is 16.6 Å². The van der Waals surface area contributed by atoms with Crippen LogP contribution in [-0.4, -0.2) is 70.3 Å². The van der Waals surface area contributed by atoms with Gasteiger partial charge in [-0.1, -0.05) is 11.6 Å². The minimum absolute atomic E-state index is 0.173. The van der Waals surface area contributed by atoms with Gasteiger partial charge < -0.3 is 15.0 Å². The van der Waals surface area contributed by atoms with Gasteiger partial charge in [0.1, 0.15) is 11.5 Å². The lowest BCUT2D eigenvalue weighted by molar-refractivity contribution is 0.00659. The number of rotatable bonds is 6. The number of aromatic nitrogens is 4. The summed E-state index contributed by atoms with van der Waals surface area (Å²) in [7, 11) is -3.36. The van der Waals surface area contributed by atoms with E-state index in [1.54, 1.807) is 26.1 Å². The highest BCUT2D eigenvalue weighted by Crippen LogP contribution is 2.28. The zero-order chi connectivity index (χ0) is 22.2. The number of morpholine rings is 1. The van der Waals surface area contributed by atoms with Crippen LogP contribution in [0.15, 0.2) is 24.5 Å². The lowest BCUT2D eigenvalue weighted by Crippen LogP contribution is -2.49. The molecule has 1 aliphatic heterocycles. The van der Waals surface area contributed by atoms with E-state index in [2.05, 4.69) is 25.3 Å². The van der Waals surface area contributed by atoms with E-state index < -0.39 is 21.2 Å². The zero-order valence-electron chi connectivity index (χ0n) is 17.0. The van der Waals surface area contributed by atoms with Crippen molar-refractivity contribution in [2.75, 3.05) is 31.6 Å². The number of fused-ring (bicyclic) bond motifs is 1. The van der Waals surface area contributed by atoms with Crippen molar-refractivity contribution in [1.82, 2.24) is 24.2 Å². The minimum atomic E-state index is -3.36. The smallest absolute Gasteiger partial charge is 0.218 e. The Morgan fingerprint density at radius 2 is 2.19 bits per heavy atom. The lowest BCUT2D eigenvalue weighted by atomic mass is 10.2. The van der Waals surface area contributed by atoms with E-state index >= 15 is 0 Å². The molecular weight excluding hydrogens is 447 g/mol. The normalized spacial score (nSPS) is 18.0. The number of nitrogens with zero attached hydrogens (tertiary/aromatic N) is 4. The Morgan fingerprint density at radius 3 is 2.97 bits per heavy atom. The molecule has 0 spiro atoms. The molecule has 1 saturated heterocycles. The number of H-pyrrole nitrogens is 1. The van der Waals surface area contributed by atoms with E-state index in [1.807, 2.05) is 0 Å². The van der Waals surface area contributed by atoms with Crippen molar-refractivity contribution in [3.63, 3.8) is 0 Å². The Bertz CT molecular complexity index is 1200. The van der Waals surface area contributed by atoms with Gasteiger partial charge >= 0.3 is 0 Å². The molecular formula is C19H22ClFN6O3S. The van der Waals surface area contributed by atoms with Gasteiger partial charge in [0.15, 0.2) is 5.82 Å². The molecule has 0 aromatic carbocycles. The molecule has 166 valence electrons. The van der Waals surface area contributed by atoms with Crippen molar-refractivity contribution in [2.24, 2.45) is 0 Å². The molecule has 0 bridgehead atoms. The number of sulfonamides is 1. The molecule has 0 saturated carbocycles. The second-order valence-electron chi connectivity index (χ2n) is 7.48. The van der Waals surface area contributed by atoms with Crippen LogP contribution in [0.3, 0.4) is 0 Å². The molecule has 0 amide bonds. The topological polar surface area (TPSA) is 113 Å². The number of hydrogen-bond acceptors (Lipinski definition) is 7. The fraction of sp³-hybridized carbons (Fsp3) is 0.421. The summed E-state index contributed by atoms with van der Waals surface area (Å²) in [5, 5.41) is 3.64. The van der Waals surface area contributed by atoms with Crippen molar-refractivity contribution >= 4 is 38.5 Å². The minimum Gasteiger partial charge on any atom is -0.374 e. The molecule has 3 aromatic rings. The van der Waals surface area contributed by atoms with Gasteiger partial charge in [0, 0.05) is 49.0 Å². The van der Waals surface area contributed by atoms with Crippen molar-refractivity contribution in [3.05, 3.63) is 35.5 Å². The molecule has 9 nitrogen and oxygen atoms in total. The molecule has 3 aromatic heterocycles. The third-order valence-corrected chi connectivity index (χ3v) is 7.45. The fourth-order valence-electron chi connectivity index (χ4n) is 3.35. The second-order valence-corrected chi connectivity index (χ2v) is 10.4. The van der Waals surface area contributed by atoms with Crippen molar-refractivity contribution in [3.8, 4) is 11.4 Å².